The highest BCUT2D eigenvalue weighted by Crippen LogP contribution is 2.13. The Hall–Kier alpha value is -2.30. The lowest BCUT2D eigenvalue weighted by atomic mass is 9.97. The van der Waals surface area contributed by atoms with Crippen LogP contribution in [0.2, 0.25) is 0 Å². The first-order valence-corrected chi connectivity index (χ1v) is 7.30. The number of hydrogen-bond donors (Lipinski definition) is 2. The molecule has 0 saturated heterocycles. The fraction of sp³-hybridized carbons (Fsp3) is 0.412. The quantitative estimate of drug-likeness (QED) is 0.821. The van der Waals surface area contributed by atoms with Gasteiger partial charge in [-0.1, -0.05) is 39.0 Å². The van der Waals surface area contributed by atoms with Crippen LogP contribution < -0.4 is 10.6 Å². The van der Waals surface area contributed by atoms with Crippen molar-refractivity contribution in [2.24, 2.45) is 5.41 Å². The summed E-state index contributed by atoms with van der Waals surface area (Å²) < 4.78 is 4.91. The molecule has 2 amide bonds. The van der Waals surface area contributed by atoms with E-state index in [1.807, 2.05) is 26.8 Å². The standard InChI is InChI=1S/C17H24N2O3/c1-5-22-15(20)14-8-6-13(7-9-14)12-19-16(21)18-11-10-17(2,3)4/h6-11H,5,12H2,1-4H3,(H2,18,19,21)/b11-10+. The van der Waals surface area contributed by atoms with Gasteiger partial charge in [0.2, 0.25) is 0 Å². The van der Waals surface area contributed by atoms with E-state index in [1.165, 1.54) is 0 Å². The highest BCUT2D eigenvalue weighted by atomic mass is 16.5. The first-order valence-electron chi connectivity index (χ1n) is 7.30. The van der Waals surface area contributed by atoms with Gasteiger partial charge < -0.3 is 15.4 Å². The zero-order chi connectivity index (χ0) is 16.6. The summed E-state index contributed by atoms with van der Waals surface area (Å²) in [6.45, 7) is 8.65. The fourth-order valence-electron chi connectivity index (χ4n) is 1.57. The molecule has 0 aliphatic heterocycles. The van der Waals surface area contributed by atoms with Gasteiger partial charge >= 0.3 is 12.0 Å². The molecule has 22 heavy (non-hydrogen) atoms. The van der Waals surface area contributed by atoms with Crippen molar-refractivity contribution >= 4 is 12.0 Å². The first-order chi connectivity index (χ1) is 10.3. The third kappa shape index (κ3) is 6.92. The molecule has 0 heterocycles. The Labute approximate surface area is 131 Å². The molecule has 5 heteroatoms. The summed E-state index contributed by atoms with van der Waals surface area (Å²) in [4.78, 5) is 23.1. The topological polar surface area (TPSA) is 67.4 Å². The summed E-state index contributed by atoms with van der Waals surface area (Å²) in [7, 11) is 0. The number of urea groups is 1. The van der Waals surface area contributed by atoms with E-state index in [0.717, 1.165) is 5.56 Å². The predicted octanol–water partition coefficient (Wildman–Crippen LogP) is 3.22. The molecule has 1 aromatic rings. The Morgan fingerprint density at radius 3 is 2.36 bits per heavy atom. The van der Waals surface area contributed by atoms with Gasteiger partial charge in [-0.25, -0.2) is 9.59 Å². The second-order valence-electron chi connectivity index (χ2n) is 5.94. The van der Waals surface area contributed by atoms with Gasteiger partial charge in [-0.05, 0) is 30.0 Å². The van der Waals surface area contributed by atoms with Gasteiger partial charge in [0.05, 0.1) is 12.2 Å². The van der Waals surface area contributed by atoms with Crippen molar-refractivity contribution < 1.29 is 14.3 Å². The van der Waals surface area contributed by atoms with Crippen LogP contribution in [0.1, 0.15) is 43.6 Å². The van der Waals surface area contributed by atoms with Crippen LogP contribution >= 0.6 is 0 Å². The van der Waals surface area contributed by atoms with Crippen molar-refractivity contribution in [2.75, 3.05) is 6.61 Å². The van der Waals surface area contributed by atoms with E-state index < -0.39 is 0 Å². The van der Waals surface area contributed by atoms with Crippen molar-refractivity contribution in [3.8, 4) is 0 Å². The molecule has 0 aromatic heterocycles. The van der Waals surface area contributed by atoms with Crippen molar-refractivity contribution in [1.29, 1.82) is 0 Å². The molecule has 1 aromatic carbocycles. The lowest BCUT2D eigenvalue weighted by molar-refractivity contribution is 0.0526. The Kier molecular flexibility index (Phi) is 6.63. The largest absolute Gasteiger partial charge is 0.462 e. The molecule has 0 radical (unpaired) electrons. The third-order valence-electron chi connectivity index (χ3n) is 2.72. The second-order valence-corrected chi connectivity index (χ2v) is 5.94. The molecule has 0 bridgehead atoms. The average Bonchev–Trinajstić information content (AvgIpc) is 2.44. The molecule has 1 rings (SSSR count). The average molecular weight is 304 g/mol. The van der Waals surface area contributed by atoms with E-state index in [4.69, 9.17) is 4.74 Å². The summed E-state index contributed by atoms with van der Waals surface area (Å²) >= 11 is 0. The zero-order valence-electron chi connectivity index (χ0n) is 13.6. The molecule has 0 fully saturated rings. The first kappa shape index (κ1) is 17.8. The number of carbonyl (C=O) groups is 2. The van der Waals surface area contributed by atoms with Crippen molar-refractivity contribution in [2.45, 2.75) is 34.2 Å². The van der Waals surface area contributed by atoms with Crippen LogP contribution in [0.4, 0.5) is 4.79 Å². The lowest BCUT2D eigenvalue weighted by Gasteiger charge is -2.11. The highest BCUT2D eigenvalue weighted by molar-refractivity contribution is 5.89. The van der Waals surface area contributed by atoms with Crippen molar-refractivity contribution in [3.05, 3.63) is 47.7 Å². The van der Waals surface area contributed by atoms with Crippen LogP contribution in [0.25, 0.3) is 0 Å². The van der Waals surface area contributed by atoms with Crippen LogP contribution in [0.5, 0.6) is 0 Å². The maximum absolute atomic E-state index is 11.6. The maximum atomic E-state index is 11.6. The smallest absolute Gasteiger partial charge is 0.338 e. The van der Waals surface area contributed by atoms with E-state index in [0.29, 0.717) is 18.7 Å². The molecule has 5 nitrogen and oxygen atoms in total. The monoisotopic (exact) mass is 304 g/mol. The zero-order valence-corrected chi connectivity index (χ0v) is 13.6. The van der Waals surface area contributed by atoms with E-state index in [1.54, 1.807) is 37.4 Å². The Bertz CT molecular complexity index is 528. The number of carbonyl (C=O) groups excluding carboxylic acids is 2. The summed E-state index contributed by atoms with van der Waals surface area (Å²) in [6.07, 6.45) is 3.56. The number of allylic oxidation sites excluding steroid dienone is 1. The SMILES string of the molecule is CCOC(=O)c1ccc(CNC(=O)N/C=C/C(C)(C)C)cc1. The Morgan fingerprint density at radius 2 is 1.82 bits per heavy atom. The van der Waals surface area contributed by atoms with Crippen LogP contribution in [0, 0.1) is 5.41 Å². The number of ether oxygens (including phenoxy) is 1. The third-order valence-corrected chi connectivity index (χ3v) is 2.72. The molecule has 0 saturated carbocycles. The molecule has 0 aliphatic carbocycles. The number of hydrogen-bond acceptors (Lipinski definition) is 3. The number of amides is 2. The molecule has 0 spiro atoms. The molecule has 2 N–H and O–H groups in total. The molecular weight excluding hydrogens is 280 g/mol. The van der Waals surface area contributed by atoms with Gasteiger partial charge in [0, 0.05) is 12.7 Å². The minimum Gasteiger partial charge on any atom is -0.462 e. The molecule has 0 unspecified atom stereocenters. The van der Waals surface area contributed by atoms with Crippen LogP contribution in [0.3, 0.4) is 0 Å². The van der Waals surface area contributed by atoms with Gasteiger partial charge in [-0.15, -0.1) is 0 Å². The maximum Gasteiger partial charge on any atom is 0.338 e. The van der Waals surface area contributed by atoms with Gasteiger partial charge in [-0.2, -0.15) is 0 Å². The number of esters is 1. The summed E-state index contributed by atoms with van der Waals surface area (Å²) in [5.74, 6) is -0.341. The van der Waals surface area contributed by atoms with Crippen LogP contribution in [0.15, 0.2) is 36.5 Å². The van der Waals surface area contributed by atoms with E-state index >= 15 is 0 Å². The summed E-state index contributed by atoms with van der Waals surface area (Å²) in [5.41, 5.74) is 1.43. The molecule has 120 valence electrons. The summed E-state index contributed by atoms with van der Waals surface area (Å²) in [5, 5.41) is 5.39. The van der Waals surface area contributed by atoms with Crippen LogP contribution in [-0.4, -0.2) is 18.6 Å². The normalized spacial score (nSPS) is 11.3. The number of rotatable bonds is 5. The van der Waals surface area contributed by atoms with Gasteiger partial charge in [-0.3, -0.25) is 0 Å². The Morgan fingerprint density at radius 1 is 1.18 bits per heavy atom. The fourth-order valence-corrected chi connectivity index (χ4v) is 1.57. The van der Waals surface area contributed by atoms with Crippen molar-refractivity contribution in [1.82, 2.24) is 10.6 Å². The van der Waals surface area contributed by atoms with E-state index in [2.05, 4.69) is 10.6 Å². The van der Waals surface area contributed by atoms with Gasteiger partial charge in [0.15, 0.2) is 0 Å². The van der Waals surface area contributed by atoms with Gasteiger partial charge in [0.1, 0.15) is 0 Å². The summed E-state index contributed by atoms with van der Waals surface area (Å²) in [6, 6.07) is 6.68. The van der Waals surface area contributed by atoms with Crippen molar-refractivity contribution in [3.63, 3.8) is 0 Å². The molecular formula is C17H24N2O3. The number of benzene rings is 1. The molecule has 0 aliphatic rings. The molecule has 0 atom stereocenters. The minimum absolute atomic E-state index is 0.0240. The van der Waals surface area contributed by atoms with E-state index in [9.17, 15) is 9.59 Å². The predicted molar refractivity (Wildman–Crippen MR) is 86.4 cm³/mol. The van der Waals surface area contributed by atoms with E-state index in [-0.39, 0.29) is 17.4 Å². The van der Waals surface area contributed by atoms with Crippen LogP contribution in [-0.2, 0) is 11.3 Å². The Balaban J connectivity index is 2.43. The highest BCUT2D eigenvalue weighted by Gasteiger charge is 2.06. The van der Waals surface area contributed by atoms with Gasteiger partial charge in [0.25, 0.3) is 0 Å². The minimum atomic E-state index is -0.341. The lowest BCUT2D eigenvalue weighted by Crippen LogP contribution is -2.31. The number of nitrogens with one attached hydrogen (secondary N) is 2. The second kappa shape index (κ2) is 8.22.